The zero-order valence-corrected chi connectivity index (χ0v) is 14.2. The third-order valence-corrected chi connectivity index (χ3v) is 5.32. The number of fused-ring (bicyclic) bond motifs is 1. The third-order valence-electron chi connectivity index (χ3n) is 3.99. The number of rotatable bonds is 3. The second-order valence-corrected chi connectivity index (χ2v) is 6.44. The summed E-state index contributed by atoms with van der Waals surface area (Å²) < 4.78 is 2.85. The van der Waals surface area contributed by atoms with Crippen molar-refractivity contribution >= 4 is 33.7 Å². The molecule has 0 aliphatic carbocycles. The van der Waals surface area contributed by atoms with Crippen molar-refractivity contribution in [2.45, 2.75) is 20.4 Å². The van der Waals surface area contributed by atoms with E-state index >= 15 is 0 Å². The van der Waals surface area contributed by atoms with Crippen molar-refractivity contribution < 1.29 is 0 Å². The Balaban J connectivity index is 2.22. The van der Waals surface area contributed by atoms with Gasteiger partial charge in [-0.15, -0.1) is 11.3 Å². The topological polar surface area (TPSA) is 44.0 Å². The molecule has 0 radical (unpaired) electrons. The van der Waals surface area contributed by atoms with Crippen LogP contribution in [0.2, 0.25) is 0 Å². The standard InChI is InChI=1S/C18H18N2O2S/c1-4-20-16(21)15-12(2)14(23-17(15)19(3)18(20)22)11-10-13-8-6-5-7-9-13/h5-11H,4H2,1-3H3/b11-10+. The molecule has 0 fully saturated rings. The molecule has 0 atom stereocenters. The summed E-state index contributed by atoms with van der Waals surface area (Å²) in [4.78, 5) is 26.6. The van der Waals surface area contributed by atoms with E-state index in [9.17, 15) is 9.59 Å². The van der Waals surface area contributed by atoms with Gasteiger partial charge in [0.15, 0.2) is 0 Å². The van der Waals surface area contributed by atoms with Crippen LogP contribution in [-0.2, 0) is 13.6 Å². The van der Waals surface area contributed by atoms with Gasteiger partial charge in [-0.2, -0.15) is 0 Å². The second-order valence-electron chi connectivity index (χ2n) is 5.41. The van der Waals surface area contributed by atoms with Gasteiger partial charge in [-0.1, -0.05) is 36.4 Å². The highest BCUT2D eigenvalue weighted by atomic mass is 32.1. The Morgan fingerprint density at radius 3 is 2.48 bits per heavy atom. The molecule has 2 heterocycles. The molecule has 0 unspecified atom stereocenters. The first-order valence-electron chi connectivity index (χ1n) is 7.50. The number of aryl methyl sites for hydroxylation is 2. The van der Waals surface area contributed by atoms with Crippen LogP contribution in [0.5, 0.6) is 0 Å². The number of thiophene rings is 1. The van der Waals surface area contributed by atoms with Crippen molar-refractivity contribution in [3.05, 3.63) is 67.2 Å². The number of nitrogens with zero attached hydrogens (tertiary/aromatic N) is 2. The van der Waals surface area contributed by atoms with E-state index in [1.54, 1.807) is 11.6 Å². The maximum absolute atomic E-state index is 12.6. The van der Waals surface area contributed by atoms with Gasteiger partial charge >= 0.3 is 5.69 Å². The predicted molar refractivity (Wildman–Crippen MR) is 97.1 cm³/mol. The van der Waals surface area contributed by atoms with E-state index in [1.165, 1.54) is 15.9 Å². The molecule has 0 bridgehead atoms. The first-order valence-corrected chi connectivity index (χ1v) is 8.32. The van der Waals surface area contributed by atoms with Gasteiger partial charge in [0, 0.05) is 18.5 Å². The van der Waals surface area contributed by atoms with Gasteiger partial charge in [-0.3, -0.25) is 13.9 Å². The van der Waals surface area contributed by atoms with Gasteiger partial charge in [0.2, 0.25) is 0 Å². The van der Waals surface area contributed by atoms with Gasteiger partial charge in [0.1, 0.15) is 4.83 Å². The Hall–Kier alpha value is -2.40. The molecule has 1 aromatic carbocycles. The van der Waals surface area contributed by atoms with Crippen LogP contribution >= 0.6 is 11.3 Å². The van der Waals surface area contributed by atoms with E-state index in [2.05, 4.69) is 0 Å². The predicted octanol–water partition coefficient (Wildman–Crippen LogP) is 3.26. The monoisotopic (exact) mass is 326 g/mol. The lowest BCUT2D eigenvalue weighted by molar-refractivity contribution is 0.642. The molecule has 0 saturated carbocycles. The van der Waals surface area contributed by atoms with Gasteiger partial charge in [-0.05, 0) is 31.1 Å². The average molecular weight is 326 g/mol. The zero-order chi connectivity index (χ0) is 16.6. The Morgan fingerprint density at radius 2 is 1.83 bits per heavy atom. The maximum Gasteiger partial charge on any atom is 0.331 e. The molecule has 2 aromatic heterocycles. The minimum Gasteiger partial charge on any atom is -0.287 e. The minimum absolute atomic E-state index is 0.196. The summed E-state index contributed by atoms with van der Waals surface area (Å²) in [5.41, 5.74) is 1.58. The summed E-state index contributed by atoms with van der Waals surface area (Å²) in [6.07, 6.45) is 4.03. The smallest absolute Gasteiger partial charge is 0.287 e. The van der Waals surface area contributed by atoms with Crippen LogP contribution in [0.4, 0.5) is 0 Å². The lowest BCUT2D eigenvalue weighted by Crippen LogP contribution is -2.38. The maximum atomic E-state index is 12.6. The fraction of sp³-hybridized carbons (Fsp3) is 0.222. The normalized spacial score (nSPS) is 11.6. The van der Waals surface area contributed by atoms with E-state index in [1.807, 2.05) is 56.3 Å². The summed E-state index contributed by atoms with van der Waals surface area (Å²) in [5, 5.41) is 0.645. The molecule has 118 valence electrons. The first kappa shape index (κ1) is 15.5. The van der Waals surface area contributed by atoms with Crippen molar-refractivity contribution in [3.63, 3.8) is 0 Å². The molecule has 3 aromatic rings. The average Bonchev–Trinajstić information content (AvgIpc) is 2.89. The summed E-state index contributed by atoms with van der Waals surface area (Å²) in [6.45, 7) is 4.13. The summed E-state index contributed by atoms with van der Waals surface area (Å²) in [6, 6.07) is 10.0. The van der Waals surface area contributed by atoms with Crippen molar-refractivity contribution in [3.8, 4) is 0 Å². The van der Waals surface area contributed by atoms with Crippen LogP contribution in [0.15, 0.2) is 39.9 Å². The number of hydrogen-bond acceptors (Lipinski definition) is 3. The first-order chi connectivity index (χ1) is 11.0. The van der Waals surface area contributed by atoms with E-state index < -0.39 is 0 Å². The van der Waals surface area contributed by atoms with Crippen molar-refractivity contribution in [1.82, 2.24) is 9.13 Å². The third kappa shape index (κ3) is 2.57. The number of aromatic nitrogens is 2. The highest BCUT2D eigenvalue weighted by Gasteiger charge is 2.16. The van der Waals surface area contributed by atoms with Gasteiger partial charge < -0.3 is 0 Å². The van der Waals surface area contributed by atoms with Crippen LogP contribution in [0, 0.1) is 6.92 Å². The van der Waals surface area contributed by atoms with Gasteiger partial charge in [0.05, 0.1) is 5.39 Å². The highest BCUT2D eigenvalue weighted by molar-refractivity contribution is 7.19. The SMILES string of the molecule is CCn1c(=O)c2c(C)c(/C=C/c3ccccc3)sc2n(C)c1=O. The molecule has 4 nitrogen and oxygen atoms in total. The van der Waals surface area contributed by atoms with Crippen molar-refractivity contribution in [2.75, 3.05) is 0 Å². The zero-order valence-electron chi connectivity index (χ0n) is 13.4. The molecule has 0 saturated heterocycles. The molecular weight excluding hydrogens is 308 g/mol. The Bertz CT molecular complexity index is 1010. The Morgan fingerprint density at radius 1 is 1.13 bits per heavy atom. The summed E-state index contributed by atoms with van der Waals surface area (Å²) in [5.74, 6) is 0. The van der Waals surface area contributed by atoms with Crippen LogP contribution in [-0.4, -0.2) is 9.13 Å². The Labute approximate surface area is 137 Å². The lowest BCUT2D eigenvalue weighted by Gasteiger charge is -2.05. The molecule has 0 aliphatic rings. The molecular formula is C18H18N2O2S. The quantitative estimate of drug-likeness (QED) is 0.741. The lowest BCUT2D eigenvalue weighted by atomic mass is 10.1. The molecule has 0 amide bonds. The fourth-order valence-electron chi connectivity index (χ4n) is 2.67. The molecule has 0 N–H and O–H groups in total. The van der Waals surface area contributed by atoms with E-state index in [-0.39, 0.29) is 11.2 Å². The number of hydrogen-bond donors (Lipinski definition) is 0. The number of benzene rings is 1. The van der Waals surface area contributed by atoms with Crippen LogP contribution in [0.1, 0.15) is 22.9 Å². The molecule has 0 aliphatic heterocycles. The highest BCUT2D eigenvalue weighted by Crippen LogP contribution is 2.29. The summed E-state index contributed by atoms with van der Waals surface area (Å²) in [7, 11) is 1.72. The largest absolute Gasteiger partial charge is 0.331 e. The molecule has 3 rings (SSSR count). The van der Waals surface area contributed by atoms with E-state index in [4.69, 9.17) is 0 Å². The van der Waals surface area contributed by atoms with Crippen molar-refractivity contribution in [2.24, 2.45) is 7.05 Å². The van der Waals surface area contributed by atoms with Crippen LogP contribution in [0.25, 0.3) is 22.4 Å². The summed E-state index contributed by atoms with van der Waals surface area (Å²) >= 11 is 1.48. The van der Waals surface area contributed by atoms with E-state index in [0.29, 0.717) is 11.9 Å². The van der Waals surface area contributed by atoms with Gasteiger partial charge in [-0.25, -0.2) is 4.79 Å². The second kappa shape index (κ2) is 6.01. The Kier molecular flexibility index (Phi) is 4.05. The molecule has 5 heteroatoms. The van der Waals surface area contributed by atoms with E-state index in [0.717, 1.165) is 20.8 Å². The molecule has 23 heavy (non-hydrogen) atoms. The fourth-order valence-corrected chi connectivity index (χ4v) is 3.82. The van der Waals surface area contributed by atoms with Crippen LogP contribution in [0.3, 0.4) is 0 Å². The van der Waals surface area contributed by atoms with Crippen molar-refractivity contribution in [1.29, 1.82) is 0 Å². The van der Waals surface area contributed by atoms with Crippen LogP contribution < -0.4 is 11.2 Å². The van der Waals surface area contributed by atoms with Gasteiger partial charge in [0.25, 0.3) is 5.56 Å². The molecule has 0 spiro atoms. The minimum atomic E-state index is -0.259.